The van der Waals surface area contributed by atoms with Crippen molar-refractivity contribution in [1.29, 1.82) is 0 Å². The number of hydrogen-bond donors (Lipinski definition) is 5. The van der Waals surface area contributed by atoms with Crippen LogP contribution in [-0.4, -0.2) is 102 Å². The largest absolute Gasteiger partial charge is 0.598 e. The van der Waals surface area contributed by atoms with Gasteiger partial charge in [0.05, 0.1) is 5.92 Å². The van der Waals surface area contributed by atoms with Crippen molar-refractivity contribution in [3.05, 3.63) is 0 Å². The van der Waals surface area contributed by atoms with E-state index in [1.54, 1.807) is 4.90 Å². The maximum atomic E-state index is 14.7. The fraction of sp³-hybridized carbons (Fsp3) is 0.955. The molecule has 220 valence electrons. The van der Waals surface area contributed by atoms with Crippen LogP contribution in [0.5, 0.6) is 0 Å². The standard InChI is InChI=1S/C22H39F4N7O4S/c1-38(35,36)33-10-6-14(7-11-33)27-19-29-20(31-21(30-19)37-13-22(24,25)26)28-15-4-5-17(23)16(12-15)18(34)32-8-2-3-9-32/h14-17,19-21,27-31H,2-13H2,1H3. The van der Waals surface area contributed by atoms with Gasteiger partial charge in [-0.25, -0.2) is 4.39 Å². The molecule has 7 unspecified atom stereocenters. The summed E-state index contributed by atoms with van der Waals surface area (Å²) in [6.45, 7) is 0.522. The minimum absolute atomic E-state index is 0.0792. The van der Waals surface area contributed by atoms with Crippen LogP contribution in [0.3, 0.4) is 0 Å². The van der Waals surface area contributed by atoms with E-state index in [1.165, 1.54) is 4.31 Å². The molecule has 16 heteroatoms. The lowest BCUT2D eigenvalue weighted by Gasteiger charge is -2.43. The number of rotatable bonds is 8. The summed E-state index contributed by atoms with van der Waals surface area (Å²) in [5.74, 6) is -0.911. The Hall–Kier alpha value is -0.980. The van der Waals surface area contributed by atoms with Gasteiger partial charge in [-0.05, 0) is 44.9 Å². The molecule has 7 atom stereocenters. The Labute approximate surface area is 221 Å². The fourth-order valence-corrected chi connectivity index (χ4v) is 6.49. The number of amides is 1. The molecule has 3 saturated heterocycles. The van der Waals surface area contributed by atoms with Gasteiger partial charge in [-0.1, -0.05) is 4.21 Å². The number of sulfonamides is 1. The van der Waals surface area contributed by atoms with Gasteiger partial charge in [-0.15, -0.1) is 4.31 Å². The van der Waals surface area contributed by atoms with Crippen LogP contribution in [0.2, 0.25) is 0 Å². The van der Waals surface area contributed by atoms with Gasteiger partial charge < -0.3 is 14.2 Å². The van der Waals surface area contributed by atoms with Crippen LogP contribution in [0.15, 0.2) is 0 Å². The third-order valence-corrected chi connectivity index (χ3v) is 8.91. The molecular formula is C22H39F4N7O4S. The zero-order chi connectivity index (χ0) is 27.5. The van der Waals surface area contributed by atoms with E-state index in [1.807, 2.05) is 0 Å². The lowest BCUT2D eigenvalue weighted by molar-refractivity contribution is -0.199. The molecule has 5 N–H and O–H groups in total. The topological polar surface area (TPSA) is 133 Å². The number of nitrogens with zero attached hydrogens (tertiary/aromatic N) is 2. The van der Waals surface area contributed by atoms with Crippen molar-refractivity contribution in [3.8, 4) is 0 Å². The van der Waals surface area contributed by atoms with Gasteiger partial charge in [-0.2, -0.15) is 13.2 Å². The van der Waals surface area contributed by atoms with Crippen molar-refractivity contribution in [2.45, 2.75) is 88.3 Å². The van der Waals surface area contributed by atoms with Gasteiger partial charge in [0.1, 0.15) is 42.0 Å². The van der Waals surface area contributed by atoms with Crippen molar-refractivity contribution in [1.82, 2.24) is 35.8 Å². The maximum Gasteiger partial charge on any atom is 0.411 e. The molecule has 11 nitrogen and oxygen atoms in total. The second-order valence-corrected chi connectivity index (χ2v) is 12.6. The molecule has 4 aliphatic rings. The van der Waals surface area contributed by atoms with Crippen molar-refractivity contribution in [2.75, 3.05) is 39.0 Å². The van der Waals surface area contributed by atoms with Crippen LogP contribution in [0, 0.1) is 5.92 Å². The van der Waals surface area contributed by atoms with E-state index in [4.69, 9.17) is 4.74 Å². The molecule has 0 aromatic heterocycles. The zero-order valence-corrected chi connectivity index (χ0v) is 22.3. The van der Waals surface area contributed by atoms with Gasteiger partial charge >= 0.3 is 6.18 Å². The van der Waals surface area contributed by atoms with Crippen LogP contribution >= 0.6 is 0 Å². The van der Waals surface area contributed by atoms with Crippen molar-refractivity contribution >= 4 is 16.3 Å². The second kappa shape index (κ2) is 12.7. The predicted molar refractivity (Wildman–Crippen MR) is 130 cm³/mol. The fourth-order valence-electron chi connectivity index (χ4n) is 5.62. The first-order valence-corrected chi connectivity index (χ1v) is 15.1. The van der Waals surface area contributed by atoms with Crippen molar-refractivity contribution < 1.29 is 35.9 Å². The first kappa shape index (κ1) is 30.0. The molecule has 0 radical (unpaired) electrons. The van der Waals surface area contributed by atoms with Crippen molar-refractivity contribution in [2.24, 2.45) is 5.92 Å². The summed E-state index contributed by atoms with van der Waals surface area (Å²) >= 11 is 0. The van der Waals surface area contributed by atoms with E-state index in [2.05, 4.69) is 26.6 Å². The summed E-state index contributed by atoms with van der Waals surface area (Å²) in [6, 6.07) is -0.312. The number of likely N-dealkylation sites (tertiary alicyclic amines) is 1. The Morgan fingerprint density at radius 3 is 2.18 bits per heavy atom. The highest BCUT2D eigenvalue weighted by molar-refractivity contribution is 7.94. The summed E-state index contributed by atoms with van der Waals surface area (Å²) in [7, 11) is -3.28. The average Bonchev–Trinajstić information content (AvgIpc) is 3.38. The molecule has 4 rings (SSSR count). The molecule has 0 aromatic carbocycles. The molecule has 0 bridgehead atoms. The lowest BCUT2D eigenvalue weighted by Crippen LogP contribution is -2.76. The molecule has 0 aromatic rings. The second-order valence-electron chi connectivity index (χ2n) is 10.6. The molecule has 1 amide bonds. The molecule has 1 aliphatic carbocycles. The van der Waals surface area contributed by atoms with E-state index < -0.39 is 54.2 Å². The summed E-state index contributed by atoms with van der Waals surface area (Å²) in [5.41, 5.74) is 0. The molecular weight excluding hydrogens is 534 g/mol. The van der Waals surface area contributed by atoms with Gasteiger partial charge in [0.2, 0.25) is 5.91 Å². The highest BCUT2D eigenvalue weighted by atomic mass is 32.3. The number of hydrogen-bond acceptors (Lipinski definition) is 9. The Morgan fingerprint density at radius 2 is 1.61 bits per heavy atom. The lowest BCUT2D eigenvalue weighted by atomic mass is 9.83. The SMILES string of the molecule is C[S+](=O)([O-])N1CCC(NC2NC(NC3CCC(F)C(C(=O)N4CCCC4)C3)NC(OCC(F)(F)F)N2)CC1. The minimum atomic E-state index is -4.51. The Morgan fingerprint density at radius 1 is 1.00 bits per heavy atom. The molecule has 0 spiro atoms. The van der Waals surface area contributed by atoms with Gasteiger partial charge in [0.25, 0.3) is 0 Å². The Bertz CT molecular complexity index is 839. The van der Waals surface area contributed by atoms with Crippen LogP contribution in [-0.2, 0) is 24.1 Å². The highest BCUT2D eigenvalue weighted by Gasteiger charge is 2.40. The molecule has 1 saturated carbocycles. The van der Waals surface area contributed by atoms with E-state index in [9.17, 15) is 31.1 Å². The molecule has 3 heterocycles. The first-order valence-electron chi connectivity index (χ1n) is 13.2. The summed E-state index contributed by atoms with van der Waals surface area (Å²) in [5, 5.41) is 15.6. The van der Waals surface area contributed by atoms with E-state index in [0.717, 1.165) is 19.1 Å². The zero-order valence-electron chi connectivity index (χ0n) is 21.5. The normalized spacial score (nSPS) is 35.8. The number of ether oxygens (including phenoxy) is 1. The molecule has 38 heavy (non-hydrogen) atoms. The molecule has 3 aliphatic heterocycles. The Kier molecular flexibility index (Phi) is 10.0. The molecule has 4 fully saturated rings. The highest BCUT2D eigenvalue weighted by Crippen LogP contribution is 2.30. The van der Waals surface area contributed by atoms with Crippen LogP contribution < -0.4 is 26.6 Å². The first-order chi connectivity index (χ1) is 17.9. The van der Waals surface area contributed by atoms with Crippen molar-refractivity contribution in [3.63, 3.8) is 0 Å². The van der Waals surface area contributed by atoms with Crippen LogP contribution in [0.1, 0.15) is 44.9 Å². The number of nitrogens with one attached hydrogen (secondary N) is 5. The van der Waals surface area contributed by atoms with Gasteiger partial charge in [0.15, 0.2) is 6.35 Å². The van der Waals surface area contributed by atoms with Gasteiger partial charge in [-0.3, -0.25) is 31.4 Å². The number of piperidine rings is 1. The predicted octanol–water partition coefficient (Wildman–Crippen LogP) is 0.146. The number of alkyl halides is 4. The van der Waals surface area contributed by atoms with Gasteiger partial charge in [0, 0.05) is 38.3 Å². The van der Waals surface area contributed by atoms with E-state index in [0.29, 0.717) is 51.9 Å². The van der Waals surface area contributed by atoms with Crippen LogP contribution in [0.25, 0.3) is 0 Å². The van der Waals surface area contributed by atoms with E-state index >= 15 is 0 Å². The summed E-state index contributed by atoms with van der Waals surface area (Å²) in [4.78, 5) is 14.6. The van der Waals surface area contributed by atoms with E-state index in [-0.39, 0.29) is 24.4 Å². The Balaban J connectivity index is 1.35. The third-order valence-electron chi connectivity index (χ3n) is 7.61. The third kappa shape index (κ3) is 8.51. The maximum absolute atomic E-state index is 14.7. The number of halogens is 4. The number of carbonyl (C=O) groups is 1. The minimum Gasteiger partial charge on any atom is -0.598 e. The smallest absolute Gasteiger partial charge is 0.411 e. The summed E-state index contributed by atoms with van der Waals surface area (Å²) in [6.07, 6.45) is -3.16. The summed E-state index contributed by atoms with van der Waals surface area (Å²) < 4.78 is 83.1. The monoisotopic (exact) mass is 573 g/mol. The number of carbonyl (C=O) groups excluding carboxylic acids is 1. The average molecular weight is 574 g/mol. The van der Waals surface area contributed by atoms with Crippen LogP contribution in [0.4, 0.5) is 17.6 Å². The quantitative estimate of drug-likeness (QED) is 0.203.